The predicted molar refractivity (Wildman–Crippen MR) is 107 cm³/mol. The van der Waals surface area contributed by atoms with Crippen LogP contribution in [0.15, 0.2) is 24.3 Å². The first-order valence-corrected chi connectivity index (χ1v) is 9.72. The minimum Gasteiger partial charge on any atom is -0.336 e. The van der Waals surface area contributed by atoms with Gasteiger partial charge in [0.1, 0.15) is 0 Å². The molecule has 6 nitrogen and oxygen atoms in total. The summed E-state index contributed by atoms with van der Waals surface area (Å²) in [4.78, 5) is 30.1. The third-order valence-corrected chi connectivity index (χ3v) is 4.77. The van der Waals surface area contributed by atoms with E-state index in [1.807, 2.05) is 13.8 Å². The number of benzene rings is 1. The van der Waals surface area contributed by atoms with Gasteiger partial charge in [-0.3, -0.25) is 10.1 Å². The molecule has 1 aromatic carbocycles. The van der Waals surface area contributed by atoms with Crippen molar-refractivity contribution in [2.24, 2.45) is 0 Å². The molecule has 0 aliphatic heterocycles. The summed E-state index contributed by atoms with van der Waals surface area (Å²) in [5, 5.41) is 8.96. The van der Waals surface area contributed by atoms with Crippen LogP contribution in [0.25, 0.3) is 0 Å². The number of aryl methyl sites for hydroxylation is 2. The molecule has 0 saturated carbocycles. The number of anilines is 2. The first-order valence-electron chi connectivity index (χ1n) is 8.90. The Balaban J connectivity index is 2.08. The topological polar surface area (TPSA) is 83.1 Å². The Kier molecular flexibility index (Phi) is 7.15. The second kappa shape index (κ2) is 9.33. The number of aromatic nitrogens is 1. The van der Waals surface area contributed by atoms with Gasteiger partial charge in [-0.25, -0.2) is 9.78 Å². The minimum absolute atomic E-state index is 0.0384. The van der Waals surface area contributed by atoms with E-state index in [-0.39, 0.29) is 18.0 Å². The summed E-state index contributed by atoms with van der Waals surface area (Å²) in [6.45, 7) is 7.98. The van der Waals surface area contributed by atoms with Crippen molar-refractivity contribution >= 4 is 34.1 Å². The van der Waals surface area contributed by atoms with Crippen molar-refractivity contribution in [3.8, 4) is 0 Å². The average molecular weight is 375 g/mol. The fraction of sp³-hybridized carbons (Fsp3) is 0.421. The summed E-state index contributed by atoms with van der Waals surface area (Å²) < 4.78 is 0. The number of thiazole rings is 1. The van der Waals surface area contributed by atoms with E-state index < -0.39 is 0 Å². The lowest BCUT2D eigenvalue weighted by molar-refractivity contribution is 0.102. The van der Waals surface area contributed by atoms with Crippen molar-refractivity contribution in [3.63, 3.8) is 0 Å². The molecule has 3 N–H and O–H groups in total. The van der Waals surface area contributed by atoms with Gasteiger partial charge in [0.05, 0.1) is 5.69 Å². The molecule has 1 heterocycles. The quantitative estimate of drug-likeness (QED) is 0.670. The Hall–Kier alpha value is -2.41. The second-order valence-corrected chi connectivity index (χ2v) is 7.36. The van der Waals surface area contributed by atoms with Crippen molar-refractivity contribution < 1.29 is 9.59 Å². The lowest BCUT2D eigenvalue weighted by Gasteiger charge is -2.11. The number of carbonyl (C=O) groups excluding carboxylic acids is 2. The van der Waals surface area contributed by atoms with Crippen LogP contribution in [-0.2, 0) is 12.8 Å². The maximum atomic E-state index is 12.5. The van der Waals surface area contributed by atoms with E-state index in [0.29, 0.717) is 16.4 Å². The number of amides is 3. The highest BCUT2D eigenvalue weighted by Crippen LogP contribution is 2.25. The Bertz CT molecular complexity index is 771. The molecule has 26 heavy (non-hydrogen) atoms. The van der Waals surface area contributed by atoms with Crippen LogP contribution in [0.1, 0.15) is 55.0 Å². The van der Waals surface area contributed by atoms with E-state index in [9.17, 15) is 9.59 Å². The van der Waals surface area contributed by atoms with Gasteiger partial charge in [0.25, 0.3) is 5.91 Å². The highest BCUT2D eigenvalue weighted by Gasteiger charge is 2.13. The van der Waals surface area contributed by atoms with Crippen LogP contribution in [0.3, 0.4) is 0 Å². The Morgan fingerprint density at radius 2 is 1.96 bits per heavy atom. The molecule has 0 saturated heterocycles. The van der Waals surface area contributed by atoms with Crippen LogP contribution in [0, 0.1) is 0 Å². The molecule has 0 fully saturated rings. The number of urea groups is 1. The van der Waals surface area contributed by atoms with Gasteiger partial charge in [0.15, 0.2) is 5.13 Å². The van der Waals surface area contributed by atoms with Crippen molar-refractivity contribution in [2.45, 2.75) is 53.0 Å². The third-order valence-electron chi connectivity index (χ3n) is 3.61. The number of rotatable bonds is 7. The molecular weight excluding hydrogens is 348 g/mol. The molecule has 7 heteroatoms. The molecule has 3 amide bonds. The lowest BCUT2D eigenvalue weighted by atomic mass is 10.2. The van der Waals surface area contributed by atoms with Crippen molar-refractivity contribution in [1.82, 2.24) is 10.3 Å². The van der Waals surface area contributed by atoms with Gasteiger partial charge in [0, 0.05) is 22.2 Å². The van der Waals surface area contributed by atoms with Gasteiger partial charge >= 0.3 is 6.03 Å². The molecule has 140 valence electrons. The molecule has 0 atom stereocenters. The van der Waals surface area contributed by atoms with E-state index in [1.54, 1.807) is 24.3 Å². The van der Waals surface area contributed by atoms with E-state index in [4.69, 9.17) is 0 Å². The zero-order valence-corrected chi connectivity index (χ0v) is 16.5. The second-order valence-electron chi connectivity index (χ2n) is 6.28. The van der Waals surface area contributed by atoms with Gasteiger partial charge in [0.2, 0.25) is 0 Å². The van der Waals surface area contributed by atoms with Crippen molar-refractivity contribution in [3.05, 3.63) is 40.4 Å². The van der Waals surface area contributed by atoms with Gasteiger partial charge in [-0.15, -0.1) is 11.3 Å². The Morgan fingerprint density at radius 3 is 2.62 bits per heavy atom. The smallest absolute Gasteiger partial charge is 0.319 e. The van der Waals surface area contributed by atoms with Gasteiger partial charge < -0.3 is 10.6 Å². The van der Waals surface area contributed by atoms with Crippen LogP contribution in [0.2, 0.25) is 0 Å². The molecule has 1 aromatic heterocycles. The van der Waals surface area contributed by atoms with Crippen LogP contribution in [0.5, 0.6) is 0 Å². The highest BCUT2D eigenvalue weighted by molar-refractivity contribution is 7.15. The molecule has 2 rings (SSSR count). The van der Waals surface area contributed by atoms with Crippen LogP contribution < -0.4 is 16.0 Å². The van der Waals surface area contributed by atoms with E-state index >= 15 is 0 Å². The first-order chi connectivity index (χ1) is 12.4. The molecule has 0 radical (unpaired) electrons. The van der Waals surface area contributed by atoms with Crippen LogP contribution in [-0.4, -0.2) is 23.0 Å². The highest BCUT2D eigenvalue weighted by atomic mass is 32.1. The first kappa shape index (κ1) is 19.9. The monoisotopic (exact) mass is 374 g/mol. The maximum absolute atomic E-state index is 12.5. The lowest BCUT2D eigenvalue weighted by Crippen LogP contribution is -2.34. The summed E-state index contributed by atoms with van der Waals surface area (Å²) in [5.41, 5.74) is 2.10. The average Bonchev–Trinajstić information content (AvgIpc) is 2.96. The van der Waals surface area contributed by atoms with Crippen molar-refractivity contribution in [2.75, 3.05) is 10.6 Å². The standard InChI is InChI=1S/C19H26N4O2S/c1-5-8-15-16(6-2)26-19(22-15)23-17(24)13-9-7-10-14(11-13)21-18(25)20-12(3)4/h7,9-12H,5-6,8H2,1-4H3,(H2,20,21,25)(H,22,23,24). The largest absolute Gasteiger partial charge is 0.336 e. The molecule has 0 aliphatic carbocycles. The van der Waals surface area contributed by atoms with E-state index in [0.717, 1.165) is 25.0 Å². The molecule has 0 bridgehead atoms. The molecular formula is C19H26N4O2S. The van der Waals surface area contributed by atoms with E-state index in [1.165, 1.54) is 16.2 Å². The number of nitrogens with one attached hydrogen (secondary N) is 3. The zero-order chi connectivity index (χ0) is 19.1. The third kappa shape index (κ3) is 5.56. The molecule has 0 unspecified atom stereocenters. The van der Waals surface area contributed by atoms with Crippen LogP contribution >= 0.6 is 11.3 Å². The SMILES string of the molecule is CCCc1nc(NC(=O)c2cccc(NC(=O)NC(C)C)c2)sc1CC. The Morgan fingerprint density at radius 1 is 1.19 bits per heavy atom. The summed E-state index contributed by atoms with van der Waals surface area (Å²) >= 11 is 1.52. The molecule has 2 aromatic rings. The zero-order valence-electron chi connectivity index (χ0n) is 15.7. The van der Waals surface area contributed by atoms with Gasteiger partial charge in [-0.1, -0.05) is 26.3 Å². The normalized spacial score (nSPS) is 10.7. The number of carbonyl (C=O) groups is 2. The maximum Gasteiger partial charge on any atom is 0.319 e. The Labute approximate surface area is 158 Å². The number of nitrogens with zero attached hydrogens (tertiary/aromatic N) is 1. The predicted octanol–water partition coefficient (Wildman–Crippen LogP) is 4.44. The minimum atomic E-state index is -0.297. The van der Waals surface area contributed by atoms with Gasteiger partial charge in [-0.05, 0) is 44.9 Å². The summed E-state index contributed by atoms with van der Waals surface area (Å²) in [6.07, 6.45) is 2.85. The van der Waals surface area contributed by atoms with Gasteiger partial charge in [-0.2, -0.15) is 0 Å². The van der Waals surface area contributed by atoms with E-state index in [2.05, 4.69) is 34.8 Å². The number of hydrogen-bond donors (Lipinski definition) is 3. The summed E-state index contributed by atoms with van der Waals surface area (Å²) in [6, 6.07) is 6.58. The molecule has 0 aliphatic rings. The summed E-state index contributed by atoms with van der Waals surface area (Å²) in [5.74, 6) is -0.239. The van der Waals surface area contributed by atoms with Crippen LogP contribution in [0.4, 0.5) is 15.6 Å². The number of hydrogen-bond acceptors (Lipinski definition) is 4. The summed E-state index contributed by atoms with van der Waals surface area (Å²) in [7, 11) is 0. The molecule has 0 spiro atoms. The fourth-order valence-corrected chi connectivity index (χ4v) is 3.42. The fourth-order valence-electron chi connectivity index (χ4n) is 2.48. The van der Waals surface area contributed by atoms with Crippen molar-refractivity contribution in [1.29, 1.82) is 0 Å².